The smallest absolute Gasteiger partial charge is 0.213 e. The molecule has 0 aromatic carbocycles. The minimum atomic E-state index is 0.559. The number of hydrogen-bond donors (Lipinski definition) is 0. The second-order valence-corrected chi connectivity index (χ2v) is 5.98. The number of hydrogen-bond acceptors (Lipinski definition) is 6. The van der Waals surface area contributed by atoms with Gasteiger partial charge in [-0.05, 0) is 37.0 Å². The molecule has 1 aliphatic rings. The van der Waals surface area contributed by atoms with Crippen LogP contribution in [0.4, 0.5) is 5.82 Å². The van der Waals surface area contributed by atoms with E-state index in [2.05, 4.69) is 24.8 Å². The molecule has 0 atom stereocenters. The Morgan fingerprint density at radius 2 is 1.83 bits per heavy atom. The number of rotatable bonds is 4. The predicted molar refractivity (Wildman–Crippen MR) is 92.0 cm³/mol. The van der Waals surface area contributed by atoms with E-state index in [-0.39, 0.29) is 0 Å². The van der Waals surface area contributed by atoms with Crippen LogP contribution in [0.3, 0.4) is 0 Å². The largest absolute Gasteiger partial charge is 0.477 e. The third kappa shape index (κ3) is 3.27. The zero-order valence-electron chi connectivity index (χ0n) is 13.4. The summed E-state index contributed by atoms with van der Waals surface area (Å²) in [5.74, 6) is 2.24. The van der Waals surface area contributed by atoms with Crippen LogP contribution >= 0.6 is 0 Å². The summed E-state index contributed by atoms with van der Waals surface area (Å²) in [5.41, 5.74) is 1.54. The van der Waals surface area contributed by atoms with Gasteiger partial charge in [-0.15, -0.1) is 0 Å². The molecule has 0 N–H and O–H groups in total. The molecule has 0 spiro atoms. The van der Waals surface area contributed by atoms with Gasteiger partial charge in [0.2, 0.25) is 5.88 Å². The predicted octanol–water partition coefficient (Wildman–Crippen LogP) is 2.72. The number of nitrogens with zero attached hydrogens (tertiary/aromatic N) is 5. The van der Waals surface area contributed by atoms with Gasteiger partial charge in [0, 0.05) is 37.7 Å². The minimum absolute atomic E-state index is 0.559. The molecule has 0 bridgehead atoms. The Bertz CT molecular complexity index is 803. The van der Waals surface area contributed by atoms with E-state index >= 15 is 0 Å². The molecule has 1 fully saturated rings. The highest BCUT2D eigenvalue weighted by Crippen LogP contribution is 2.23. The Kier molecular flexibility index (Phi) is 4.18. The Morgan fingerprint density at radius 1 is 0.958 bits per heavy atom. The summed E-state index contributed by atoms with van der Waals surface area (Å²) in [4.78, 5) is 19.7. The highest BCUT2D eigenvalue weighted by Gasteiger charge is 2.21. The first kappa shape index (κ1) is 14.8. The lowest BCUT2D eigenvalue weighted by Crippen LogP contribution is -2.36. The van der Waals surface area contributed by atoms with Crippen molar-refractivity contribution in [2.75, 3.05) is 24.6 Å². The first-order valence-electron chi connectivity index (χ1n) is 8.25. The number of ether oxygens (including phenoxy) is 1. The van der Waals surface area contributed by atoms with Crippen molar-refractivity contribution in [2.24, 2.45) is 5.92 Å². The van der Waals surface area contributed by atoms with Gasteiger partial charge in [-0.2, -0.15) is 0 Å². The summed E-state index contributed by atoms with van der Waals surface area (Å²) in [6, 6.07) is 9.75. The molecule has 1 aliphatic heterocycles. The molecule has 6 heteroatoms. The molecule has 4 heterocycles. The van der Waals surface area contributed by atoms with Crippen LogP contribution in [0.1, 0.15) is 12.8 Å². The fourth-order valence-electron chi connectivity index (χ4n) is 2.98. The molecule has 1 saturated heterocycles. The molecule has 6 nitrogen and oxygen atoms in total. The van der Waals surface area contributed by atoms with E-state index in [4.69, 9.17) is 4.74 Å². The van der Waals surface area contributed by atoms with Crippen LogP contribution in [-0.4, -0.2) is 39.6 Å². The van der Waals surface area contributed by atoms with Gasteiger partial charge in [-0.1, -0.05) is 6.07 Å². The number of pyridine rings is 2. The lowest BCUT2D eigenvalue weighted by Gasteiger charge is -2.32. The summed E-state index contributed by atoms with van der Waals surface area (Å²) in [6.07, 6.45) is 7.31. The third-order valence-corrected chi connectivity index (χ3v) is 4.36. The summed E-state index contributed by atoms with van der Waals surface area (Å²) in [5, 5.41) is 0. The molecular formula is C18H19N5O. The first-order valence-corrected chi connectivity index (χ1v) is 8.25. The number of aromatic nitrogens is 4. The van der Waals surface area contributed by atoms with Crippen molar-refractivity contribution in [1.82, 2.24) is 19.9 Å². The number of piperidine rings is 1. The molecular weight excluding hydrogens is 302 g/mol. The normalized spacial score (nSPS) is 15.6. The van der Waals surface area contributed by atoms with Gasteiger partial charge in [0.1, 0.15) is 11.3 Å². The third-order valence-electron chi connectivity index (χ3n) is 4.36. The van der Waals surface area contributed by atoms with Crippen molar-refractivity contribution < 1.29 is 4.74 Å². The van der Waals surface area contributed by atoms with E-state index in [1.54, 1.807) is 18.6 Å². The fourth-order valence-corrected chi connectivity index (χ4v) is 2.98. The van der Waals surface area contributed by atoms with Gasteiger partial charge >= 0.3 is 0 Å². The second-order valence-electron chi connectivity index (χ2n) is 5.98. The van der Waals surface area contributed by atoms with E-state index < -0.39 is 0 Å². The van der Waals surface area contributed by atoms with Gasteiger partial charge in [0.05, 0.1) is 6.61 Å². The monoisotopic (exact) mass is 321 g/mol. The van der Waals surface area contributed by atoms with Crippen LogP contribution in [0, 0.1) is 5.92 Å². The quantitative estimate of drug-likeness (QED) is 0.736. The van der Waals surface area contributed by atoms with Gasteiger partial charge in [-0.3, -0.25) is 4.98 Å². The molecule has 0 unspecified atom stereocenters. The number of fused-ring (bicyclic) bond motifs is 1. The van der Waals surface area contributed by atoms with Gasteiger partial charge < -0.3 is 9.64 Å². The molecule has 24 heavy (non-hydrogen) atoms. The van der Waals surface area contributed by atoms with Crippen molar-refractivity contribution in [3.8, 4) is 5.88 Å². The topological polar surface area (TPSA) is 64.0 Å². The molecule has 0 saturated carbocycles. The Labute approximate surface area is 140 Å². The van der Waals surface area contributed by atoms with Crippen LogP contribution in [0.5, 0.6) is 5.88 Å². The maximum Gasteiger partial charge on any atom is 0.213 e. The van der Waals surface area contributed by atoms with Crippen LogP contribution in [-0.2, 0) is 0 Å². The van der Waals surface area contributed by atoms with E-state index in [1.165, 1.54) is 0 Å². The summed E-state index contributed by atoms with van der Waals surface area (Å²) < 4.78 is 5.78. The molecule has 3 aromatic heterocycles. The van der Waals surface area contributed by atoms with Crippen molar-refractivity contribution in [3.05, 3.63) is 48.9 Å². The maximum absolute atomic E-state index is 5.78. The lowest BCUT2D eigenvalue weighted by molar-refractivity contribution is 0.216. The Morgan fingerprint density at radius 3 is 2.67 bits per heavy atom. The van der Waals surface area contributed by atoms with Crippen LogP contribution in [0.2, 0.25) is 0 Å². The molecule has 122 valence electrons. The van der Waals surface area contributed by atoms with Crippen molar-refractivity contribution >= 4 is 17.0 Å². The highest BCUT2D eigenvalue weighted by molar-refractivity contribution is 5.71. The Hall–Kier alpha value is -2.76. The SMILES string of the molecule is c1ccc(OCC2CCN(c3ccc4nccnc4n3)CC2)nc1. The maximum atomic E-state index is 5.78. The average molecular weight is 321 g/mol. The van der Waals surface area contributed by atoms with Gasteiger partial charge in [0.15, 0.2) is 5.65 Å². The van der Waals surface area contributed by atoms with E-state index in [1.807, 2.05) is 30.3 Å². The van der Waals surface area contributed by atoms with Crippen molar-refractivity contribution in [1.29, 1.82) is 0 Å². The van der Waals surface area contributed by atoms with E-state index in [9.17, 15) is 0 Å². The first-order chi connectivity index (χ1) is 11.9. The molecule has 0 aliphatic carbocycles. The van der Waals surface area contributed by atoms with Crippen molar-refractivity contribution in [2.45, 2.75) is 12.8 Å². The molecule has 0 amide bonds. The Balaban J connectivity index is 1.35. The van der Waals surface area contributed by atoms with E-state index in [0.29, 0.717) is 17.4 Å². The van der Waals surface area contributed by atoms with Crippen LogP contribution in [0.25, 0.3) is 11.2 Å². The lowest BCUT2D eigenvalue weighted by atomic mass is 9.98. The fraction of sp³-hybridized carbons (Fsp3) is 0.333. The van der Waals surface area contributed by atoms with Crippen molar-refractivity contribution in [3.63, 3.8) is 0 Å². The standard InChI is InChI=1S/C18H19N5O/c1-2-8-20-17(3-1)24-13-14-6-11-23(12-7-14)16-5-4-15-18(22-16)21-10-9-19-15/h1-5,8-10,14H,6-7,11-13H2. The summed E-state index contributed by atoms with van der Waals surface area (Å²) in [7, 11) is 0. The minimum Gasteiger partial charge on any atom is -0.477 e. The van der Waals surface area contributed by atoms with Crippen LogP contribution < -0.4 is 9.64 Å². The molecule has 4 rings (SSSR count). The molecule has 3 aromatic rings. The average Bonchev–Trinajstić information content (AvgIpc) is 2.67. The zero-order chi connectivity index (χ0) is 16.2. The second kappa shape index (κ2) is 6.78. The zero-order valence-corrected chi connectivity index (χ0v) is 13.4. The van der Waals surface area contributed by atoms with Gasteiger partial charge in [0.25, 0.3) is 0 Å². The number of anilines is 1. The molecule has 0 radical (unpaired) electrons. The van der Waals surface area contributed by atoms with E-state index in [0.717, 1.165) is 43.9 Å². The van der Waals surface area contributed by atoms with Gasteiger partial charge in [-0.25, -0.2) is 15.0 Å². The highest BCUT2D eigenvalue weighted by atomic mass is 16.5. The summed E-state index contributed by atoms with van der Waals surface area (Å²) >= 11 is 0. The van der Waals surface area contributed by atoms with Crippen LogP contribution in [0.15, 0.2) is 48.9 Å². The summed E-state index contributed by atoms with van der Waals surface area (Å²) in [6.45, 7) is 2.69.